The quantitative estimate of drug-likeness (QED) is 0.800. The summed E-state index contributed by atoms with van der Waals surface area (Å²) >= 11 is 6.08. The molecule has 0 bridgehead atoms. The van der Waals surface area contributed by atoms with Gasteiger partial charge in [-0.25, -0.2) is 0 Å². The first-order chi connectivity index (χ1) is 9.92. The number of nitrogens with zero attached hydrogens (tertiary/aromatic N) is 2. The molecule has 0 spiro atoms. The van der Waals surface area contributed by atoms with Crippen molar-refractivity contribution in [2.24, 2.45) is 0 Å². The van der Waals surface area contributed by atoms with E-state index in [1.54, 1.807) is 25.3 Å². The van der Waals surface area contributed by atoms with Gasteiger partial charge in [0.05, 0.1) is 18.7 Å². The molecule has 1 aliphatic rings. The van der Waals surface area contributed by atoms with Gasteiger partial charge >= 0.3 is 0 Å². The van der Waals surface area contributed by atoms with Crippen molar-refractivity contribution in [3.8, 4) is 5.75 Å². The Balaban J connectivity index is 2.03. The number of benzene rings is 1. The Bertz CT molecular complexity index is 509. The number of ether oxygens (including phenoxy) is 1. The molecule has 1 aromatic rings. The lowest BCUT2D eigenvalue weighted by Crippen LogP contribution is -2.55. The average molecular weight is 311 g/mol. The molecule has 0 radical (unpaired) electrons. The van der Waals surface area contributed by atoms with Gasteiger partial charge in [-0.15, -0.1) is 0 Å². The van der Waals surface area contributed by atoms with Crippen molar-refractivity contribution in [2.75, 3.05) is 33.8 Å². The number of piperazine rings is 1. The van der Waals surface area contributed by atoms with Crippen LogP contribution < -0.4 is 4.74 Å². The van der Waals surface area contributed by atoms with Gasteiger partial charge in [0.1, 0.15) is 5.75 Å². The lowest BCUT2D eigenvalue weighted by molar-refractivity contribution is 0.0549. The molecule has 21 heavy (non-hydrogen) atoms. The van der Waals surface area contributed by atoms with Crippen molar-refractivity contribution in [1.82, 2.24) is 9.80 Å². The van der Waals surface area contributed by atoms with E-state index in [1.165, 1.54) is 0 Å². The van der Waals surface area contributed by atoms with Crippen molar-refractivity contribution in [1.29, 1.82) is 0 Å². The average Bonchev–Trinajstić information content (AvgIpc) is 2.44. The molecule has 1 saturated heterocycles. The zero-order valence-corrected chi connectivity index (χ0v) is 13.9. The summed E-state index contributed by atoms with van der Waals surface area (Å²) in [5, 5.41) is 0.475. The number of hydrogen-bond acceptors (Lipinski definition) is 4. The van der Waals surface area contributed by atoms with Crippen molar-refractivity contribution in [3.05, 3.63) is 28.8 Å². The van der Waals surface area contributed by atoms with E-state index >= 15 is 0 Å². The van der Waals surface area contributed by atoms with E-state index in [0.717, 1.165) is 13.1 Å². The number of methoxy groups -OCH3 is 1. The second kappa shape index (κ2) is 6.77. The number of Topliss-reactive ketones (excluding diaryl/α,β-unsaturated/α-hetero) is 1. The second-order valence-corrected chi connectivity index (χ2v) is 6.24. The van der Waals surface area contributed by atoms with Crippen LogP contribution in [0.5, 0.6) is 5.75 Å². The summed E-state index contributed by atoms with van der Waals surface area (Å²) in [6.07, 6.45) is 0. The van der Waals surface area contributed by atoms with Gasteiger partial charge in [0, 0.05) is 30.7 Å². The van der Waals surface area contributed by atoms with Gasteiger partial charge in [0.2, 0.25) is 0 Å². The smallest absolute Gasteiger partial charge is 0.176 e. The standard InChI is InChI=1S/C16H23ClN2O2/c1-11-8-19(9-12(2)18(11)3)10-15(20)13-5-6-16(21-4)14(17)7-13/h5-7,11-12H,8-10H2,1-4H3. The maximum atomic E-state index is 12.4. The van der Waals surface area contributed by atoms with Gasteiger partial charge in [-0.05, 0) is 39.1 Å². The van der Waals surface area contributed by atoms with E-state index in [2.05, 4.69) is 30.7 Å². The highest BCUT2D eigenvalue weighted by Crippen LogP contribution is 2.25. The van der Waals surface area contributed by atoms with Gasteiger partial charge < -0.3 is 4.74 Å². The Kier molecular flexibility index (Phi) is 5.25. The van der Waals surface area contributed by atoms with E-state index in [0.29, 0.717) is 35.0 Å². The summed E-state index contributed by atoms with van der Waals surface area (Å²) in [6.45, 7) is 6.65. The molecule has 4 nitrogen and oxygen atoms in total. The van der Waals surface area contributed by atoms with Crippen molar-refractivity contribution in [3.63, 3.8) is 0 Å². The van der Waals surface area contributed by atoms with Gasteiger partial charge in [-0.2, -0.15) is 0 Å². The molecule has 0 amide bonds. The normalized spacial score (nSPS) is 24.0. The van der Waals surface area contributed by atoms with Gasteiger partial charge in [0.15, 0.2) is 5.78 Å². The number of halogens is 1. The van der Waals surface area contributed by atoms with Crippen LogP contribution in [-0.2, 0) is 0 Å². The molecule has 1 aromatic carbocycles. The van der Waals surface area contributed by atoms with Crippen molar-refractivity contribution >= 4 is 17.4 Å². The number of carbonyl (C=O) groups is 1. The predicted molar refractivity (Wildman–Crippen MR) is 85.5 cm³/mol. The summed E-state index contributed by atoms with van der Waals surface area (Å²) in [5.74, 6) is 0.693. The summed E-state index contributed by atoms with van der Waals surface area (Å²) < 4.78 is 5.11. The molecule has 0 N–H and O–H groups in total. The molecule has 0 saturated carbocycles. The molecule has 2 rings (SSSR count). The third-order valence-electron chi connectivity index (χ3n) is 4.28. The van der Waals surface area contributed by atoms with Crippen molar-refractivity contribution in [2.45, 2.75) is 25.9 Å². The fourth-order valence-corrected chi connectivity index (χ4v) is 3.03. The highest BCUT2D eigenvalue weighted by molar-refractivity contribution is 6.32. The lowest BCUT2D eigenvalue weighted by Gasteiger charge is -2.42. The predicted octanol–water partition coefficient (Wildman–Crippen LogP) is 2.56. The summed E-state index contributed by atoms with van der Waals surface area (Å²) in [4.78, 5) is 17.0. The maximum Gasteiger partial charge on any atom is 0.176 e. The molecule has 116 valence electrons. The number of carbonyl (C=O) groups excluding carboxylic acids is 1. The minimum Gasteiger partial charge on any atom is -0.495 e. The second-order valence-electron chi connectivity index (χ2n) is 5.83. The highest BCUT2D eigenvalue weighted by atomic mass is 35.5. The van der Waals surface area contributed by atoms with Gasteiger partial charge in [-0.3, -0.25) is 14.6 Å². The lowest BCUT2D eigenvalue weighted by atomic mass is 10.1. The van der Waals surface area contributed by atoms with Crippen LogP contribution in [0, 0.1) is 0 Å². The van der Waals surface area contributed by atoms with Crippen LogP contribution in [0.2, 0.25) is 5.02 Å². The minimum absolute atomic E-state index is 0.100. The molecule has 5 heteroatoms. The SMILES string of the molecule is COc1ccc(C(=O)CN2CC(C)N(C)C(C)C2)cc1Cl. The van der Waals surface area contributed by atoms with Crippen LogP contribution in [0.15, 0.2) is 18.2 Å². The van der Waals surface area contributed by atoms with E-state index < -0.39 is 0 Å². The Morgan fingerprint density at radius 3 is 2.48 bits per heavy atom. The molecule has 0 aliphatic carbocycles. The molecule has 1 heterocycles. The number of ketones is 1. The number of likely N-dealkylation sites (N-methyl/N-ethyl adjacent to an activating group) is 1. The number of hydrogen-bond donors (Lipinski definition) is 0. The largest absolute Gasteiger partial charge is 0.495 e. The first kappa shape index (κ1) is 16.3. The van der Waals surface area contributed by atoms with E-state index in [1.807, 2.05) is 0 Å². The summed E-state index contributed by atoms with van der Waals surface area (Å²) in [6, 6.07) is 6.12. The van der Waals surface area contributed by atoms with E-state index in [4.69, 9.17) is 16.3 Å². The molecular formula is C16H23ClN2O2. The zero-order valence-electron chi connectivity index (χ0n) is 13.1. The van der Waals surface area contributed by atoms with Gasteiger partial charge in [-0.1, -0.05) is 11.6 Å². The van der Waals surface area contributed by atoms with E-state index in [-0.39, 0.29) is 5.78 Å². The molecule has 2 unspecified atom stereocenters. The fraction of sp³-hybridized carbons (Fsp3) is 0.562. The molecule has 2 atom stereocenters. The van der Waals surface area contributed by atoms with Crippen LogP contribution >= 0.6 is 11.6 Å². The Labute approximate surface area is 131 Å². The van der Waals surface area contributed by atoms with Crippen LogP contribution in [-0.4, -0.2) is 61.5 Å². The Morgan fingerprint density at radius 1 is 1.33 bits per heavy atom. The van der Waals surface area contributed by atoms with Crippen LogP contribution in [0.3, 0.4) is 0 Å². The fourth-order valence-electron chi connectivity index (χ4n) is 2.78. The third-order valence-corrected chi connectivity index (χ3v) is 4.57. The number of rotatable bonds is 4. The molecular weight excluding hydrogens is 288 g/mol. The van der Waals surface area contributed by atoms with Crippen LogP contribution in [0.1, 0.15) is 24.2 Å². The third kappa shape index (κ3) is 3.76. The summed E-state index contributed by atoms with van der Waals surface area (Å²) in [5.41, 5.74) is 0.639. The van der Waals surface area contributed by atoms with Gasteiger partial charge in [0.25, 0.3) is 0 Å². The molecule has 1 aliphatic heterocycles. The zero-order chi connectivity index (χ0) is 15.6. The minimum atomic E-state index is 0.100. The van der Waals surface area contributed by atoms with Crippen molar-refractivity contribution < 1.29 is 9.53 Å². The molecule has 0 aromatic heterocycles. The van der Waals surface area contributed by atoms with Crippen LogP contribution in [0.25, 0.3) is 0 Å². The Hall–Kier alpha value is -1.10. The first-order valence-corrected chi connectivity index (χ1v) is 7.61. The van der Waals surface area contributed by atoms with Crippen LogP contribution in [0.4, 0.5) is 0 Å². The van der Waals surface area contributed by atoms with E-state index in [9.17, 15) is 4.79 Å². The Morgan fingerprint density at radius 2 is 1.95 bits per heavy atom. The molecule has 1 fully saturated rings. The first-order valence-electron chi connectivity index (χ1n) is 7.23. The monoisotopic (exact) mass is 310 g/mol. The summed E-state index contributed by atoms with van der Waals surface area (Å²) in [7, 11) is 3.70. The topological polar surface area (TPSA) is 32.8 Å². The maximum absolute atomic E-state index is 12.4. The highest BCUT2D eigenvalue weighted by Gasteiger charge is 2.27.